The molecule has 3 aromatic carbocycles. The van der Waals surface area contributed by atoms with Crippen LogP contribution in [-0.4, -0.2) is 25.0 Å². The predicted molar refractivity (Wildman–Crippen MR) is 170 cm³/mol. The van der Waals surface area contributed by atoms with Crippen LogP contribution in [0.15, 0.2) is 72.3 Å². The van der Waals surface area contributed by atoms with Crippen molar-refractivity contribution in [2.45, 2.75) is 74.0 Å². The van der Waals surface area contributed by atoms with E-state index in [1.165, 1.54) is 32.9 Å². The maximum Gasteiger partial charge on any atom is 0.315 e. The first-order valence-corrected chi connectivity index (χ1v) is 14.1. The van der Waals surface area contributed by atoms with Crippen LogP contribution < -0.4 is 4.74 Å². The topological polar surface area (TPSA) is 35.5 Å². The SMILES string of the molecule is CB=C(C)C=C(C)C.CC.CCc1ccc(CCC(=O)OI)c(OCCc2ccc3ccccc3c2)c1. The van der Waals surface area contributed by atoms with Crippen molar-refractivity contribution in [3.8, 4) is 5.75 Å². The zero-order chi connectivity index (χ0) is 27.6. The Morgan fingerprint density at radius 1 is 0.919 bits per heavy atom. The molecule has 0 fully saturated rings. The molecule has 5 heteroatoms. The molecule has 0 atom stereocenters. The molecule has 0 heterocycles. The average molecular weight is 612 g/mol. The first kappa shape index (κ1) is 32.6. The van der Waals surface area contributed by atoms with Crippen LogP contribution in [0, 0.1) is 0 Å². The monoisotopic (exact) mass is 612 g/mol. The van der Waals surface area contributed by atoms with Gasteiger partial charge in [-0.15, -0.1) is 0 Å². The summed E-state index contributed by atoms with van der Waals surface area (Å²) in [6.45, 7) is 17.2. The summed E-state index contributed by atoms with van der Waals surface area (Å²) < 4.78 is 10.8. The summed E-state index contributed by atoms with van der Waals surface area (Å²) in [5, 5.41) is 2.50. The zero-order valence-corrected chi connectivity index (χ0v) is 25.7. The van der Waals surface area contributed by atoms with E-state index in [-0.39, 0.29) is 5.97 Å². The first-order chi connectivity index (χ1) is 17.9. The van der Waals surface area contributed by atoms with Gasteiger partial charge in [0.25, 0.3) is 0 Å². The van der Waals surface area contributed by atoms with Gasteiger partial charge >= 0.3 is 57.6 Å². The molecule has 3 nitrogen and oxygen atoms in total. The molecule has 0 aliphatic rings. The molecule has 0 saturated heterocycles. The molecule has 3 aromatic rings. The smallest absolute Gasteiger partial charge is 0.315 e. The molecule has 0 aliphatic heterocycles. The van der Waals surface area contributed by atoms with Crippen molar-refractivity contribution in [1.29, 1.82) is 0 Å². The molecule has 0 bridgehead atoms. The van der Waals surface area contributed by atoms with Gasteiger partial charge < -0.3 is 7.80 Å². The number of carbonyl (C=O) groups excluding carboxylic acids is 1. The zero-order valence-electron chi connectivity index (χ0n) is 23.6. The van der Waals surface area contributed by atoms with E-state index in [1.54, 1.807) is 23.0 Å². The second-order valence-corrected chi connectivity index (χ2v) is 9.22. The molecule has 0 spiro atoms. The van der Waals surface area contributed by atoms with E-state index in [4.69, 9.17) is 7.80 Å². The molecule has 0 aromatic heterocycles. The quantitative estimate of drug-likeness (QED) is 0.179. The van der Waals surface area contributed by atoms with Crippen molar-refractivity contribution in [2.75, 3.05) is 6.61 Å². The third-order valence-corrected chi connectivity index (χ3v) is 6.15. The van der Waals surface area contributed by atoms with Crippen LogP contribution in [0.5, 0.6) is 5.75 Å². The third-order valence-electron chi connectivity index (χ3n) is 5.66. The maximum atomic E-state index is 11.5. The van der Waals surface area contributed by atoms with Gasteiger partial charge in [0.2, 0.25) is 0 Å². The Labute approximate surface area is 239 Å². The molecule has 0 aliphatic carbocycles. The standard InChI is InChI=1S/C23H23IO3.C7H13B.C2H6/c1-2-17-7-10-20(11-12-23(25)27-24)22(16-17)26-14-13-18-8-9-19-5-3-4-6-21(19)15-18;1-6(2)5-7(3)8-4;1-2/h3-10,15-16H,2,11-14H2,1H3;5H,1-4H3;1-2H3. The molecule has 0 amide bonds. The molecule has 0 saturated carbocycles. The van der Waals surface area contributed by atoms with Crippen LogP contribution >= 0.6 is 23.0 Å². The summed E-state index contributed by atoms with van der Waals surface area (Å²) in [7, 11) is 0. The van der Waals surface area contributed by atoms with E-state index >= 15 is 0 Å². The van der Waals surface area contributed by atoms with E-state index in [0.717, 1.165) is 24.2 Å². The largest absolute Gasteiger partial charge is 0.493 e. The summed E-state index contributed by atoms with van der Waals surface area (Å²) in [6, 6.07) is 21.2. The minimum Gasteiger partial charge on any atom is -0.493 e. The van der Waals surface area contributed by atoms with Crippen LogP contribution in [0.1, 0.15) is 64.7 Å². The van der Waals surface area contributed by atoms with Gasteiger partial charge in [-0.05, 0) is 46.4 Å². The van der Waals surface area contributed by atoms with E-state index in [1.807, 2.05) is 13.8 Å². The van der Waals surface area contributed by atoms with Crippen LogP contribution in [0.25, 0.3) is 10.8 Å². The van der Waals surface area contributed by atoms with E-state index in [2.05, 4.69) is 108 Å². The van der Waals surface area contributed by atoms with Gasteiger partial charge in [0.1, 0.15) is 5.75 Å². The van der Waals surface area contributed by atoms with E-state index in [9.17, 15) is 4.79 Å². The number of hydrogen-bond acceptors (Lipinski definition) is 3. The molecule has 3 rings (SSSR count). The number of fused-ring (bicyclic) bond motifs is 1. The average Bonchev–Trinajstić information content (AvgIpc) is 2.93. The normalized spacial score (nSPS) is 10.2. The number of aryl methyl sites for hydroxylation is 2. The van der Waals surface area contributed by atoms with Crippen LogP contribution in [0.2, 0.25) is 6.82 Å². The van der Waals surface area contributed by atoms with Gasteiger partial charge in [0.05, 0.1) is 13.0 Å². The summed E-state index contributed by atoms with van der Waals surface area (Å²) in [6.07, 6.45) is 4.94. The fourth-order valence-corrected chi connectivity index (χ4v) is 3.87. The van der Waals surface area contributed by atoms with Crippen LogP contribution in [-0.2, 0) is 27.1 Å². The van der Waals surface area contributed by atoms with Gasteiger partial charge in [-0.1, -0.05) is 75.4 Å². The van der Waals surface area contributed by atoms with Gasteiger partial charge in [-0.2, -0.15) is 0 Å². The second kappa shape index (κ2) is 18.8. The van der Waals surface area contributed by atoms with Crippen molar-refractivity contribution >= 4 is 52.1 Å². The summed E-state index contributed by atoms with van der Waals surface area (Å²) >= 11 is 1.63. The second-order valence-electron chi connectivity index (χ2n) is 8.78. The van der Waals surface area contributed by atoms with Gasteiger partial charge in [0.15, 0.2) is 23.0 Å². The summed E-state index contributed by atoms with van der Waals surface area (Å²) in [5.41, 5.74) is 6.24. The number of ether oxygens (including phenoxy) is 1. The number of rotatable bonds is 9. The molecule has 0 radical (unpaired) electrons. The summed E-state index contributed by atoms with van der Waals surface area (Å²) in [5.74, 6) is 0.661. The predicted octanol–water partition coefficient (Wildman–Crippen LogP) is 8.77. The van der Waals surface area contributed by atoms with Crippen LogP contribution in [0.4, 0.5) is 0 Å². The van der Waals surface area contributed by atoms with Crippen molar-refractivity contribution < 1.29 is 12.6 Å². The van der Waals surface area contributed by atoms with Crippen molar-refractivity contribution in [2.24, 2.45) is 0 Å². The number of hydrogen-bond donors (Lipinski definition) is 0. The fourth-order valence-electron chi connectivity index (χ4n) is 3.65. The van der Waals surface area contributed by atoms with E-state index < -0.39 is 0 Å². The van der Waals surface area contributed by atoms with Crippen molar-refractivity contribution in [1.82, 2.24) is 0 Å². The third kappa shape index (κ3) is 12.6. The van der Waals surface area contributed by atoms with Gasteiger partial charge in [-0.3, -0.25) is 4.79 Å². The number of benzene rings is 3. The molecule has 0 unspecified atom stereocenters. The fraction of sp³-hybridized carbons (Fsp3) is 0.375. The van der Waals surface area contributed by atoms with Crippen molar-refractivity contribution in [3.05, 3.63) is 89.0 Å². The Kier molecular flexibility index (Phi) is 16.6. The Bertz CT molecular complexity index is 1160. The Morgan fingerprint density at radius 2 is 1.59 bits per heavy atom. The van der Waals surface area contributed by atoms with Crippen molar-refractivity contribution in [3.63, 3.8) is 0 Å². The number of halogens is 1. The van der Waals surface area contributed by atoms with Gasteiger partial charge in [0, 0.05) is 6.42 Å². The Balaban J connectivity index is 0.000000586. The minimum atomic E-state index is -0.211. The Hall–Kier alpha value is -2.41. The minimum absolute atomic E-state index is 0.211. The molecule has 37 heavy (non-hydrogen) atoms. The number of allylic oxidation sites excluding steroid dienone is 2. The maximum absolute atomic E-state index is 11.5. The Morgan fingerprint density at radius 3 is 2.19 bits per heavy atom. The number of carbonyl (C=O) groups is 1. The molecule has 198 valence electrons. The summed E-state index contributed by atoms with van der Waals surface area (Å²) in [4.78, 5) is 11.5. The molecular weight excluding hydrogens is 570 g/mol. The first-order valence-electron chi connectivity index (χ1n) is 13.2. The molecular formula is C32H42BIO3. The van der Waals surface area contributed by atoms with E-state index in [0.29, 0.717) is 19.4 Å². The van der Waals surface area contributed by atoms with Gasteiger partial charge in [-0.25, -0.2) is 0 Å². The van der Waals surface area contributed by atoms with Crippen LogP contribution in [0.3, 0.4) is 0 Å². The molecule has 0 N–H and O–H groups in total.